The van der Waals surface area contributed by atoms with Crippen molar-refractivity contribution in [2.24, 2.45) is 0 Å². The first-order chi connectivity index (χ1) is 23.1. The average molecular weight is 718 g/mol. The minimum atomic E-state index is -5.33. The molecule has 0 bridgehead atoms. The second-order valence-electron chi connectivity index (χ2n) is 12.2. The van der Waals surface area contributed by atoms with Gasteiger partial charge in [0.05, 0.1) is 9.79 Å². The van der Waals surface area contributed by atoms with Crippen molar-refractivity contribution in [3.63, 3.8) is 0 Å². The predicted octanol–water partition coefficient (Wildman–Crippen LogP) is 6.27. The summed E-state index contributed by atoms with van der Waals surface area (Å²) in [7, 11) is -4.17. The second kappa shape index (κ2) is 12.3. The van der Waals surface area contributed by atoms with Gasteiger partial charge >= 0.3 is 20.2 Å². The zero-order valence-corrected chi connectivity index (χ0v) is 30.2. The molecule has 0 spiro atoms. The maximum atomic E-state index is 14.7. The van der Waals surface area contributed by atoms with E-state index in [4.69, 9.17) is 3.63 Å². The molecule has 0 saturated carbocycles. The van der Waals surface area contributed by atoms with Crippen molar-refractivity contribution in [1.29, 1.82) is 0 Å². The van der Waals surface area contributed by atoms with Crippen LogP contribution in [0.4, 0.5) is 17.1 Å². The largest absolute Gasteiger partial charge is 0.377 e. The molecule has 49 heavy (non-hydrogen) atoms. The van der Waals surface area contributed by atoms with Crippen molar-refractivity contribution in [1.82, 2.24) is 0 Å². The first-order valence-electron chi connectivity index (χ1n) is 15.1. The first-order valence-corrected chi connectivity index (χ1v) is 19.4. The SMILES string of the molecule is CN(C)c1cccc2c(S(=O)(=O)OS(=O)(=O)c3c(S(=O)(=O)c4cccc5c(N(C)C)cccc45)ccc4c(N(C)C)cccc34)cccc12. The van der Waals surface area contributed by atoms with E-state index in [2.05, 4.69) is 0 Å². The van der Waals surface area contributed by atoms with Gasteiger partial charge in [-0.2, -0.15) is 16.8 Å². The molecule has 0 aromatic heterocycles. The van der Waals surface area contributed by atoms with Crippen LogP contribution in [-0.2, 0) is 33.7 Å². The van der Waals surface area contributed by atoms with Gasteiger partial charge in [0, 0.05) is 91.7 Å². The summed E-state index contributed by atoms with van der Waals surface area (Å²) in [5.74, 6) is 0. The lowest BCUT2D eigenvalue weighted by Crippen LogP contribution is -2.19. The first kappa shape index (κ1) is 34.2. The van der Waals surface area contributed by atoms with Gasteiger partial charge in [-0.1, -0.05) is 66.7 Å². The van der Waals surface area contributed by atoms with E-state index in [9.17, 15) is 25.3 Å². The fraction of sp³-hybridized carbons (Fsp3) is 0.167. The molecule has 13 heteroatoms. The van der Waals surface area contributed by atoms with Crippen LogP contribution in [0.15, 0.2) is 123 Å². The maximum Gasteiger partial charge on any atom is 0.313 e. The van der Waals surface area contributed by atoms with Crippen molar-refractivity contribution in [2.45, 2.75) is 19.6 Å². The van der Waals surface area contributed by atoms with E-state index < -0.39 is 39.9 Å². The third kappa shape index (κ3) is 5.86. The number of hydrogen-bond acceptors (Lipinski definition) is 10. The smallest absolute Gasteiger partial charge is 0.313 e. The van der Waals surface area contributed by atoms with Gasteiger partial charge in [0.25, 0.3) is 0 Å². The summed E-state index contributed by atoms with van der Waals surface area (Å²) >= 11 is 0. The van der Waals surface area contributed by atoms with Gasteiger partial charge in [0.2, 0.25) is 9.84 Å². The highest BCUT2D eigenvalue weighted by molar-refractivity contribution is 8.00. The summed E-state index contributed by atoms with van der Waals surface area (Å²) in [6.07, 6.45) is 0. The highest BCUT2D eigenvalue weighted by atomic mass is 32.3. The number of benzene rings is 6. The van der Waals surface area contributed by atoms with E-state index in [-0.39, 0.29) is 20.6 Å². The second-order valence-corrected chi connectivity index (χ2v) is 17.3. The Hall–Kier alpha value is -4.69. The number of sulfone groups is 1. The molecule has 0 amide bonds. The van der Waals surface area contributed by atoms with Gasteiger partial charge in [-0.15, -0.1) is 3.63 Å². The Morgan fingerprint density at radius 1 is 0.388 bits per heavy atom. The molecular weight excluding hydrogens is 683 g/mol. The Labute approximate surface area is 286 Å². The van der Waals surface area contributed by atoms with E-state index in [0.717, 1.165) is 5.69 Å². The molecule has 254 valence electrons. The Kier molecular flexibility index (Phi) is 8.60. The van der Waals surface area contributed by atoms with E-state index >= 15 is 0 Å². The topological polar surface area (TPSA) is 121 Å². The molecule has 6 aromatic carbocycles. The third-order valence-electron chi connectivity index (χ3n) is 8.39. The highest BCUT2D eigenvalue weighted by Gasteiger charge is 2.36. The third-order valence-corrected chi connectivity index (χ3v) is 13.6. The van der Waals surface area contributed by atoms with E-state index in [1.54, 1.807) is 98.7 Å². The molecule has 0 heterocycles. The van der Waals surface area contributed by atoms with Crippen LogP contribution in [0.3, 0.4) is 0 Å². The van der Waals surface area contributed by atoms with Crippen LogP contribution in [-0.4, -0.2) is 67.5 Å². The van der Waals surface area contributed by atoms with E-state index in [0.29, 0.717) is 32.9 Å². The van der Waals surface area contributed by atoms with Crippen molar-refractivity contribution in [2.75, 3.05) is 57.0 Å². The predicted molar refractivity (Wildman–Crippen MR) is 196 cm³/mol. The van der Waals surface area contributed by atoms with Gasteiger partial charge in [0.1, 0.15) is 9.79 Å². The molecule has 0 N–H and O–H groups in total. The van der Waals surface area contributed by atoms with Gasteiger partial charge in [-0.05, 0) is 36.4 Å². The fourth-order valence-electron chi connectivity index (χ4n) is 6.22. The van der Waals surface area contributed by atoms with Crippen LogP contribution in [0.2, 0.25) is 0 Å². The van der Waals surface area contributed by atoms with Crippen LogP contribution in [0.25, 0.3) is 32.3 Å². The normalized spacial score (nSPS) is 12.4. The Morgan fingerprint density at radius 3 is 1.27 bits per heavy atom. The van der Waals surface area contributed by atoms with Crippen LogP contribution >= 0.6 is 0 Å². The van der Waals surface area contributed by atoms with Crippen molar-refractivity contribution >= 4 is 79.5 Å². The average Bonchev–Trinajstić information content (AvgIpc) is 3.05. The number of rotatable bonds is 9. The summed E-state index contributed by atoms with van der Waals surface area (Å²) in [6.45, 7) is 0. The lowest BCUT2D eigenvalue weighted by Gasteiger charge is -2.20. The summed E-state index contributed by atoms with van der Waals surface area (Å²) < 4.78 is 91.3. The molecule has 6 rings (SSSR count). The summed E-state index contributed by atoms with van der Waals surface area (Å²) in [5, 5.41) is 2.20. The van der Waals surface area contributed by atoms with Crippen molar-refractivity contribution in [3.05, 3.63) is 103 Å². The lowest BCUT2D eigenvalue weighted by molar-refractivity contribution is 0.461. The molecule has 0 atom stereocenters. The molecule has 10 nitrogen and oxygen atoms in total. The molecule has 0 radical (unpaired) electrons. The van der Waals surface area contributed by atoms with Crippen LogP contribution in [0.1, 0.15) is 0 Å². The zero-order chi connectivity index (χ0) is 35.5. The van der Waals surface area contributed by atoms with Gasteiger partial charge < -0.3 is 14.7 Å². The van der Waals surface area contributed by atoms with Crippen LogP contribution in [0, 0.1) is 0 Å². The lowest BCUT2D eigenvalue weighted by atomic mass is 10.1. The van der Waals surface area contributed by atoms with Crippen LogP contribution < -0.4 is 14.7 Å². The molecular formula is C36H35N3O7S3. The minimum absolute atomic E-state index is 0.00972. The minimum Gasteiger partial charge on any atom is -0.377 e. The van der Waals surface area contributed by atoms with Gasteiger partial charge in [-0.3, -0.25) is 0 Å². The quantitative estimate of drug-likeness (QED) is 0.169. The van der Waals surface area contributed by atoms with Crippen LogP contribution in [0.5, 0.6) is 0 Å². The number of hydrogen-bond donors (Lipinski definition) is 0. The number of nitrogens with zero attached hydrogens (tertiary/aromatic N) is 3. The maximum absolute atomic E-state index is 14.7. The number of anilines is 3. The van der Waals surface area contributed by atoms with E-state index in [1.807, 2.05) is 25.1 Å². The Balaban J connectivity index is 1.62. The monoisotopic (exact) mass is 717 g/mol. The molecule has 6 aromatic rings. The highest BCUT2D eigenvalue weighted by Crippen LogP contribution is 2.41. The molecule has 0 saturated heterocycles. The molecule has 0 aliphatic carbocycles. The Bertz CT molecular complexity index is 2620. The zero-order valence-electron chi connectivity index (χ0n) is 27.7. The van der Waals surface area contributed by atoms with Gasteiger partial charge in [0.15, 0.2) is 0 Å². The molecule has 0 aliphatic rings. The number of fused-ring (bicyclic) bond motifs is 3. The van der Waals surface area contributed by atoms with Gasteiger partial charge in [-0.25, -0.2) is 8.42 Å². The standard InChI is InChI=1S/C36H35N3O7S3/c1-37(2)30-17-7-14-27-24(30)12-10-20-33(27)47(40,41)35-23-22-26-29(16-9-19-32(26)39(5)6)36(35)49(44,45)46-48(42,43)34-21-11-13-25-28(34)15-8-18-31(25)38(3)4/h7-23H,1-6H3. The molecule has 0 unspecified atom stereocenters. The van der Waals surface area contributed by atoms with E-state index in [1.165, 1.54) is 36.4 Å². The summed E-state index contributed by atoms with van der Waals surface area (Å²) in [4.78, 5) is 3.51. The van der Waals surface area contributed by atoms with Crippen molar-refractivity contribution in [3.8, 4) is 0 Å². The molecule has 0 fully saturated rings. The Morgan fingerprint density at radius 2 is 0.776 bits per heavy atom. The van der Waals surface area contributed by atoms with Crippen molar-refractivity contribution < 1.29 is 28.9 Å². The summed E-state index contributed by atoms with van der Waals surface area (Å²) in [6, 6.07) is 27.0. The summed E-state index contributed by atoms with van der Waals surface area (Å²) in [5.41, 5.74) is 2.06. The fourth-order valence-corrected chi connectivity index (χ4v) is 11.4. The molecule has 0 aliphatic heterocycles.